The molecule has 0 aliphatic carbocycles. The molecule has 21 heavy (non-hydrogen) atoms. The van der Waals surface area contributed by atoms with Crippen molar-refractivity contribution >= 4 is 21.6 Å². The monoisotopic (exact) mass is 346 g/mol. The van der Waals surface area contributed by atoms with Crippen LogP contribution in [0.1, 0.15) is 24.5 Å². The molecule has 2 rings (SSSR count). The number of para-hydroxylation sites is 1. The van der Waals surface area contributed by atoms with E-state index < -0.39 is 0 Å². The van der Waals surface area contributed by atoms with Gasteiger partial charge in [-0.05, 0) is 42.2 Å². The molecule has 2 aromatic rings. The van der Waals surface area contributed by atoms with E-state index in [0.717, 1.165) is 23.9 Å². The molecule has 0 fully saturated rings. The molecule has 0 heterocycles. The Morgan fingerprint density at radius 1 is 1.10 bits per heavy atom. The van der Waals surface area contributed by atoms with Crippen LogP contribution in [0.4, 0.5) is 5.69 Å². The second-order valence-corrected chi connectivity index (χ2v) is 6.40. The van der Waals surface area contributed by atoms with E-state index in [4.69, 9.17) is 5.73 Å². The Bertz CT molecular complexity index is 566. The highest BCUT2D eigenvalue weighted by Gasteiger charge is 2.10. The summed E-state index contributed by atoms with van der Waals surface area (Å²) in [4.78, 5) is 2.29. The first-order chi connectivity index (χ1) is 10.1. The molecular formula is C18H23BrN2. The maximum Gasteiger partial charge on any atom is 0.0426 e. The van der Waals surface area contributed by atoms with Crippen LogP contribution in [-0.2, 0) is 13.0 Å². The average Bonchev–Trinajstić information content (AvgIpc) is 2.50. The molecule has 0 saturated carbocycles. The number of nitrogens with two attached hydrogens (primary N) is 1. The first-order valence-electron chi connectivity index (χ1n) is 7.39. The molecule has 0 aliphatic rings. The van der Waals surface area contributed by atoms with Gasteiger partial charge in [-0.25, -0.2) is 0 Å². The first-order valence-corrected chi connectivity index (χ1v) is 8.18. The smallest absolute Gasteiger partial charge is 0.0426 e. The summed E-state index contributed by atoms with van der Waals surface area (Å²) in [6.45, 7) is 3.03. The predicted molar refractivity (Wildman–Crippen MR) is 94.7 cm³/mol. The van der Waals surface area contributed by atoms with E-state index in [9.17, 15) is 0 Å². The third-order valence-electron chi connectivity index (χ3n) is 3.74. The van der Waals surface area contributed by atoms with Crippen LogP contribution in [0.15, 0.2) is 53.0 Å². The summed E-state index contributed by atoms with van der Waals surface area (Å²) in [5.41, 5.74) is 10.0. The summed E-state index contributed by atoms with van der Waals surface area (Å²) in [5, 5.41) is 0. The van der Waals surface area contributed by atoms with Gasteiger partial charge >= 0.3 is 0 Å². The van der Waals surface area contributed by atoms with Crippen molar-refractivity contribution in [3.63, 3.8) is 0 Å². The Morgan fingerprint density at radius 3 is 2.43 bits per heavy atom. The van der Waals surface area contributed by atoms with E-state index in [1.807, 2.05) is 0 Å². The third kappa shape index (κ3) is 4.58. The lowest BCUT2D eigenvalue weighted by molar-refractivity contribution is 0.645. The fourth-order valence-corrected chi connectivity index (χ4v) is 2.70. The van der Waals surface area contributed by atoms with Crippen molar-refractivity contribution in [2.75, 3.05) is 11.9 Å². The number of anilines is 1. The number of nitrogens with zero attached hydrogens (tertiary/aromatic N) is 1. The summed E-state index contributed by atoms with van der Waals surface area (Å²) >= 11 is 3.48. The van der Waals surface area contributed by atoms with Gasteiger partial charge in [0.25, 0.3) is 0 Å². The Hall–Kier alpha value is -1.32. The molecule has 0 spiro atoms. The van der Waals surface area contributed by atoms with Crippen molar-refractivity contribution in [2.24, 2.45) is 5.73 Å². The molecule has 0 radical (unpaired) electrons. The van der Waals surface area contributed by atoms with Crippen molar-refractivity contribution < 1.29 is 0 Å². The van der Waals surface area contributed by atoms with Gasteiger partial charge in [0.15, 0.2) is 0 Å². The summed E-state index contributed by atoms with van der Waals surface area (Å²) in [6, 6.07) is 17.3. The van der Waals surface area contributed by atoms with Gasteiger partial charge in [-0.3, -0.25) is 0 Å². The van der Waals surface area contributed by atoms with E-state index in [1.165, 1.54) is 16.8 Å². The zero-order valence-corrected chi connectivity index (χ0v) is 14.3. The van der Waals surface area contributed by atoms with Crippen molar-refractivity contribution in [1.82, 2.24) is 0 Å². The lowest BCUT2D eigenvalue weighted by Crippen LogP contribution is -2.24. The van der Waals surface area contributed by atoms with Crippen LogP contribution in [0, 0.1) is 0 Å². The van der Waals surface area contributed by atoms with Crippen LogP contribution in [0.3, 0.4) is 0 Å². The van der Waals surface area contributed by atoms with E-state index in [1.54, 1.807) is 0 Å². The van der Waals surface area contributed by atoms with Gasteiger partial charge in [0.2, 0.25) is 0 Å². The lowest BCUT2D eigenvalue weighted by Gasteiger charge is -2.24. The maximum absolute atomic E-state index is 6.12. The number of hydrogen-bond donors (Lipinski definition) is 1. The van der Waals surface area contributed by atoms with Gasteiger partial charge in [0, 0.05) is 29.8 Å². The highest BCUT2D eigenvalue weighted by molar-refractivity contribution is 9.10. The molecular weight excluding hydrogens is 324 g/mol. The van der Waals surface area contributed by atoms with E-state index in [-0.39, 0.29) is 6.04 Å². The second-order valence-electron chi connectivity index (χ2n) is 5.48. The molecule has 0 aromatic heterocycles. The number of halogens is 1. The quantitative estimate of drug-likeness (QED) is 0.841. The molecule has 112 valence electrons. The normalized spacial score (nSPS) is 12.2. The maximum atomic E-state index is 6.12. The average molecular weight is 347 g/mol. The zero-order valence-electron chi connectivity index (χ0n) is 12.7. The predicted octanol–water partition coefficient (Wildman–Crippen LogP) is 4.37. The van der Waals surface area contributed by atoms with Crippen LogP contribution in [-0.4, -0.2) is 13.1 Å². The Balaban J connectivity index is 2.14. The summed E-state index contributed by atoms with van der Waals surface area (Å²) in [5.74, 6) is 0. The Labute approximate surface area is 136 Å². The lowest BCUT2D eigenvalue weighted by atomic mass is 10.0. The Morgan fingerprint density at radius 2 is 1.76 bits per heavy atom. The second kappa shape index (κ2) is 7.62. The molecule has 2 aromatic carbocycles. The minimum Gasteiger partial charge on any atom is -0.370 e. The fourth-order valence-electron chi connectivity index (χ4n) is 2.43. The van der Waals surface area contributed by atoms with Gasteiger partial charge in [0.05, 0.1) is 0 Å². The van der Waals surface area contributed by atoms with Crippen molar-refractivity contribution in [3.05, 3.63) is 64.1 Å². The van der Waals surface area contributed by atoms with Crippen LogP contribution >= 0.6 is 15.9 Å². The minimum absolute atomic E-state index is 0.229. The van der Waals surface area contributed by atoms with Crippen molar-refractivity contribution in [3.8, 4) is 0 Å². The number of hydrogen-bond acceptors (Lipinski definition) is 2. The minimum atomic E-state index is 0.229. The number of benzene rings is 2. The van der Waals surface area contributed by atoms with Crippen molar-refractivity contribution in [1.29, 1.82) is 0 Å². The summed E-state index contributed by atoms with van der Waals surface area (Å²) < 4.78 is 1.11. The van der Waals surface area contributed by atoms with Crippen LogP contribution in [0.5, 0.6) is 0 Å². The molecule has 0 amide bonds. The standard InChI is InChI=1S/C18H23BrN2/c1-3-17(20)12-15-6-4-5-7-18(15)21(2)13-14-8-10-16(19)11-9-14/h4-11,17H,3,12-13,20H2,1-2H3. The van der Waals surface area contributed by atoms with E-state index in [0.29, 0.717) is 0 Å². The van der Waals surface area contributed by atoms with E-state index in [2.05, 4.69) is 83.3 Å². The van der Waals surface area contributed by atoms with Crippen LogP contribution < -0.4 is 10.6 Å². The van der Waals surface area contributed by atoms with Gasteiger partial charge < -0.3 is 10.6 Å². The van der Waals surface area contributed by atoms with Crippen molar-refractivity contribution in [2.45, 2.75) is 32.4 Å². The van der Waals surface area contributed by atoms with Gasteiger partial charge in [-0.2, -0.15) is 0 Å². The van der Waals surface area contributed by atoms with Crippen LogP contribution in [0.2, 0.25) is 0 Å². The molecule has 1 atom stereocenters. The molecule has 0 bridgehead atoms. The molecule has 2 N–H and O–H groups in total. The summed E-state index contributed by atoms with van der Waals surface area (Å²) in [7, 11) is 2.14. The topological polar surface area (TPSA) is 29.3 Å². The number of rotatable bonds is 6. The third-order valence-corrected chi connectivity index (χ3v) is 4.27. The van der Waals surface area contributed by atoms with Gasteiger partial charge in [-0.15, -0.1) is 0 Å². The van der Waals surface area contributed by atoms with Crippen LogP contribution in [0.25, 0.3) is 0 Å². The Kier molecular flexibility index (Phi) is 5.83. The fraction of sp³-hybridized carbons (Fsp3) is 0.333. The molecule has 1 unspecified atom stereocenters. The SMILES string of the molecule is CCC(N)Cc1ccccc1N(C)Cc1ccc(Br)cc1. The largest absolute Gasteiger partial charge is 0.370 e. The molecule has 0 aliphatic heterocycles. The highest BCUT2D eigenvalue weighted by Crippen LogP contribution is 2.23. The van der Waals surface area contributed by atoms with Gasteiger partial charge in [-0.1, -0.05) is 53.2 Å². The summed E-state index contributed by atoms with van der Waals surface area (Å²) in [6.07, 6.45) is 1.93. The zero-order chi connectivity index (χ0) is 15.2. The molecule has 3 heteroatoms. The van der Waals surface area contributed by atoms with Gasteiger partial charge in [0.1, 0.15) is 0 Å². The first kappa shape index (κ1) is 16.1. The molecule has 0 saturated heterocycles. The highest BCUT2D eigenvalue weighted by atomic mass is 79.9. The van der Waals surface area contributed by atoms with E-state index >= 15 is 0 Å². The molecule has 2 nitrogen and oxygen atoms in total.